The Kier molecular flexibility index (Phi) is 6.50. The smallest absolute Gasteiger partial charge is 0.235 e. The first-order chi connectivity index (χ1) is 9.04. The quantitative estimate of drug-likeness (QED) is 0.749. The average molecular weight is 279 g/mol. The number of carbonyl (C=O) groups is 1. The highest BCUT2D eigenvalue weighted by molar-refractivity contribution is 7.85. The number of hydrogen-bond donors (Lipinski definition) is 0. The topological polar surface area (TPSA) is 37.4 Å². The van der Waals surface area contributed by atoms with E-state index in [1.54, 1.807) is 11.9 Å². The standard InChI is InChI=1S/C15H21NO2S/c1-4-5-10-19(18)12-15(17)16(3)11-14-9-7-6-8-13(14)2/h4-9H,10-12H2,1-3H3. The minimum atomic E-state index is -1.11. The molecule has 0 saturated heterocycles. The van der Waals surface area contributed by atoms with Crippen molar-refractivity contribution in [3.8, 4) is 0 Å². The van der Waals surface area contributed by atoms with Gasteiger partial charge in [0.05, 0.1) is 0 Å². The van der Waals surface area contributed by atoms with Gasteiger partial charge in [-0.2, -0.15) is 0 Å². The first-order valence-corrected chi connectivity index (χ1v) is 7.78. The van der Waals surface area contributed by atoms with Gasteiger partial charge in [-0.05, 0) is 25.0 Å². The summed E-state index contributed by atoms with van der Waals surface area (Å²) in [4.78, 5) is 13.6. The van der Waals surface area contributed by atoms with Crippen LogP contribution in [0.25, 0.3) is 0 Å². The van der Waals surface area contributed by atoms with Crippen LogP contribution in [-0.4, -0.2) is 33.6 Å². The third-order valence-electron chi connectivity index (χ3n) is 2.90. The van der Waals surface area contributed by atoms with E-state index in [4.69, 9.17) is 0 Å². The zero-order valence-corrected chi connectivity index (χ0v) is 12.6. The van der Waals surface area contributed by atoms with Crippen LogP contribution in [0.15, 0.2) is 36.4 Å². The van der Waals surface area contributed by atoms with Crippen molar-refractivity contribution in [3.05, 3.63) is 47.5 Å². The fraction of sp³-hybridized carbons (Fsp3) is 0.400. The van der Waals surface area contributed by atoms with Gasteiger partial charge in [-0.3, -0.25) is 9.00 Å². The van der Waals surface area contributed by atoms with E-state index in [1.807, 2.05) is 50.3 Å². The van der Waals surface area contributed by atoms with E-state index in [0.29, 0.717) is 12.3 Å². The highest BCUT2D eigenvalue weighted by Crippen LogP contribution is 2.09. The van der Waals surface area contributed by atoms with Crippen LogP contribution in [0, 0.1) is 6.92 Å². The summed E-state index contributed by atoms with van der Waals surface area (Å²) < 4.78 is 11.6. The lowest BCUT2D eigenvalue weighted by Crippen LogP contribution is -2.31. The van der Waals surface area contributed by atoms with Crippen LogP contribution in [-0.2, 0) is 22.1 Å². The first-order valence-electron chi connectivity index (χ1n) is 6.29. The summed E-state index contributed by atoms with van der Waals surface area (Å²) >= 11 is 0. The van der Waals surface area contributed by atoms with E-state index in [0.717, 1.165) is 11.1 Å². The molecule has 1 aromatic carbocycles. The van der Waals surface area contributed by atoms with Crippen LogP contribution in [0.5, 0.6) is 0 Å². The highest BCUT2D eigenvalue weighted by Gasteiger charge is 2.13. The van der Waals surface area contributed by atoms with E-state index < -0.39 is 10.8 Å². The fourth-order valence-electron chi connectivity index (χ4n) is 1.64. The lowest BCUT2D eigenvalue weighted by Gasteiger charge is -2.18. The fourth-order valence-corrected chi connectivity index (χ4v) is 2.66. The molecule has 0 N–H and O–H groups in total. The van der Waals surface area contributed by atoms with Gasteiger partial charge in [0, 0.05) is 30.1 Å². The maximum Gasteiger partial charge on any atom is 0.235 e. The normalized spacial score (nSPS) is 12.6. The molecule has 1 aromatic rings. The molecule has 0 aliphatic heterocycles. The van der Waals surface area contributed by atoms with Crippen molar-refractivity contribution in [2.45, 2.75) is 20.4 Å². The second-order valence-corrected chi connectivity index (χ2v) is 6.00. The Morgan fingerprint density at radius 2 is 2.05 bits per heavy atom. The summed E-state index contributed by atoms with van der Waals surface area (Å²) in [6.45, 7) is 4.47. The molecule has 0 aliphatic carbocycles. The SMILES string of the molecule is CC=CCS(=O)CC(=O)N(C)Cc1ccccc1C. The van der Waals surface area contributed by atoms with Crippen LogP contribution < -0.4 is 0 Å². The summed E-state index contributed by atoms with van der Waals surface area (Å²) in [5, 5.41) is 0. The van der Waals surface area contributed by atoms with Gasteiger partial charge < -0.3 is 4.90 Å². The molecule has 0 spiro atoms. The molecular formula is C15H21NO2S. The van der Waals surface area contributed by atoms with Crippen LogP contribution in [0.3, 0.4) is 0 Å². The first kappa shape index (κ1) is 15.6. The molecule has 1 unspecified atom stereocenters. The number of nitrogens with zero attached hydrogens (tertiary/aromatic N) is 1. The van der Waals surface area contributed by atoms with Gasteiger partial charge in [-0.15, -0.1) is 0 Å². The Balaban J connectivity index is 2.54. The van der Waals surface area contributed by atoms with Crippen molar-refractivity contribution in [1.82, 2.24) is 4.90 Å². The Labute approximate surface area is 117 Å². The number of rotatable bonds is 6. The monoisotopic (exact) mass is 279 g/mol. The van der Waals surface area contributed by atoms with Crippen molar-refractivity contribution < 1.29 is 9.00 Å². The maximum absolute atomic E-state index is 11.9. The molecule has 0 radical (unpaired) electrons. The van der Waals surface area contributed by atoms with Crippen molar-refractivity contribution in [1.29, 1.82) is 0 Å². The minimum Gasteiger partial charge on any atom is -0.341 e. The molecule has 0 saturated carbocycles. The molecule has 1 rings (SSSR count). The largest absolute Gasteiger partial charge is 0.341 e. The third kappa shape index (κ3) is 5.39. The van der Waals surface area contributed by atoms with Crippen LogP contribution >= 0.6 is 0 Å². The Morgan fingerprint density at radius 1 is 1.37 bits per heavy atom. The summed E-state index contributed by atoms with van der Waals surface area (Å²) in [7, 11) is 0.640. The second-order valence-electron chi connectivity index (χ2n) is 4.50. The van der Waals surface area contributed by atoms with Gasteiger partial charge in [0.2, 0.25) is 5.91 Å². The van der Waals surface area contributed by atoms with E-state index in [-0.39, 0.29) is 11.7 Å². The number of allylic oxidation sites excluding steroid dienone is 1. The molecule has 19 heavy (non-hydrogen) atoms. The van der Waals surface area contributed by atoms with Crippen LogP contribution in [0.4, 0.5) is 0 Å². The molecule has 0 aliphatic rings. The van der Waals surface area contributed by atoms with Gasteiger partial charge in [0.15, 0.2) is 0 Å². The van der Waals surface area contributed by atoms with E-state index >= 15 is 0 Å². The molecule has 1 atom stereocenters. The predicted octanol–water partition coefficient (Wildman–Crippen LogP) is 2.28. The Bertz CT molecular complexity index is 483. The summed E-state index contributed by atoms with van der Waals surface area (Å²) in [5.41, 5.74) is 2.29. The summed E-state index contributed by atoms with van der Waals surface area (Å²) in [6, 6.07) is 7.98. The second kappa shape index (κ2) is 7.89. The van der Waals surface area contributed by atoms with Crippen molar-refractivity contribution in [2.24, 2.45) is 0 Å². The van der Waals surface area contributed by atoms with Crippen LogP contribution in [0.2, 0.25) is 0 Å². The number of hydrogen-bond acceptors (Lipinski definition) is 2. The average Bonchev–Trinajstić information content (AvgIpc) is 2.38. The molecular weight excluding hydrogens is 258 g/mol. The van der Waals surface area contributed by atoms with E-state index in [9.17, 15) is 9.00 Å². The number of benzene rings is 1. The molecule has 4 heteroatoms. The lowest BCUT2D eigenvalue weighted by molar-refractivity contribution is -0.127. The molecule has 104 valence electrons. The molecule has 0 aromatic heterocycles. The van der Waals surface area contributed by atoms with E-state index in [2.05, 4.69) is 0 Å². The van der Waals surface area contributed by atoms with Gasteiger partial charge in [-0.1, -0.05) is 36.4 Å². The lowest BCUT2D eigenvalue weighted by atomic mass is 10.1. The predicted molar refractivity (Wildman–Crippen MR) is 80.3 cm³/mol. The van der Waals surface area contributed by atoms with Gasteiger partial charge >= 0.3 is 0 Å². The van der Waals surface area contributed by atoms with Crippen molar-refractivity contribution in [3.63, 3.8) is 0 Å². The van der Waals surface area contributed by atoms with Gasteiger partial charge in [0.1, 0.15) is 5.75 Å². The molecule has 0 bridgehead atoms. The van der Waals surface area contributed by atoms with Gasteiger partial charge in [-0.25, -0.2) is 0 Å². The van der Waals surface area contributed by atoms with E-state index in [1.165, 1.54) is 0 Å². The molecule has 0 fully saturated rings. The minimum absolute atomic E-state index is 0.0777. The Hall–Kier alpha value is -1.42. The Morgan fingerprint density at radius 3 is 2.68 bits per heavy atom. The number of aryl methyl sites for hydroxylation is 1. The zero-order chi connectivity index (χ0) is 14.3. The van der Waals surface area contributed by atoms with Crippen LogP contribution in [0.1, 0.15) is 18.1 Å². The third-order valence-corrected chi connectivity index (χ3v) is 4.03. The summed E-state index contributed by atoms with van der Waals surface area (Å²) in [5.74, 6) is 0.457. The highest BCUT2D eigenvalue weighted by atomic mass is 32.2. The number of amides is 1. The number of carbonyl (C=O) groups excluding carboxylic acids is 1. The summed E-state index contributed by atoms with van der Waals surface area (Å²) in [6.07, 6.45) is 3.67. The molecule has 0 heterocycles. The zero-order valence-electron chi connectivity index (χ0n) is 11.8. The van der Waals surface area contributed by atoms with Gasteiger partial charge in [0.25, 0.3) is 0 Å². The van der Waals surface area contributed by atoms with Crippen molar-refractivity contribution >= 4 is 16.7 Å². The molecule has 3 nitrogen and oxygen atoms in total. The maximum atomic E-state index is 11.9. The van der Waals surface area contributed by atoms with Crippen molar-refractivity contribution in [2.75, 3.05) is 18.6 Å². The molecule has 1 amide bonds.